The SMILES string of the molecule is CCCC(CC)NS(=O)(=O)c1n[nH]c(C)c1CNC. The number of hydrogen-bond acceptors (Lipinski definition) is 4. The second-order valence-electron chi connectivity index (χ2n) is 4.68. The second-order valence-corrected chi connectivity index (χ2v) is 6.31. The van der Waals surface area contributed by atoms with Gasteiger partial charge in [0.1, 0.15) is 0 Å². The molecule has 0 spiro atoms. The summed E-state index contributed by atoms with van der Waals surface area (Å²) in [7, 11) is -1.78. The molecule has 1 atom stereocenters. The first kappa shape index (κ1) is 16.1. The Morgan fingerprint density at radius 2 is 2.05 bits per heavy atom. The lowest BCUT2D eigenvalue weighted by atomic mass is 10.1. The molecule has 0 aliphatic carbocycles. The Bertz CT molecular complexity index is 496. The van der Waals surface area contributed by atoms with Gasteiger partial charge in [-0.3, -0.25) is 5.10 Å². The van der Waals surface area contributed by atoms with Crippen molar-refractivity contribution in [3.63, 3.8) is 0 Å². The van der Waals surface area contributed by atoms with E-state index in [2.05, 4.69) is 20.2 Å². The summed E-state index contributed by atoms with van der Waals surface area (Å²) in [6.07, 6.45) is 2.56. The van der Waals surface area contributed by atoms with Gasteiger partial charge < -0.3 is 5.32 Å². The number of aromatic amines is 1. The molecule has 0 bridgehead atoms. The molecule has 1 unspecified atom stereocenters. The Hall–Kier alpha value is -0.920. The molecule has 0 saturated carbocycles. The maximum absolute atomic E-state index is 12.4. The number of aromatic nitrogens is 2. The topological polar surface area (TPSA) is 86.9 Å². The van der Waals surface area contributed by atoms with Crippen LogP contribution in [0.25, 0.3) is 0 Å². The van der Waals surface area contributed by atoms with Gasteiger partial charge in [-0.05, 0) is 26.8 Å². The van der Waals surface area contributed by atoms with Crippen LogP contribution in [0, 0.1) is 6.92 Å². The number of sulfonamides is 1. The monoisotopic (exact) mass is 288 g/mol. The Balaban J connectivity index is 2.99. The summed E-state index contributed by atoms with van der Waals surface area (Å²) in [6.45, 7) is 6.32. The lowest BCUT2D eigenvalue weighted by Gasteiger charge is -2.15. The Morgan fingerprint density at radius 1 is 1.37 bits per heavy atom. The molecule has 110 valence electrons. The van der Waals surface area contributed by atoms with Crippen LogP contribution in [0.1, 0.15) is 44.4 Å². The summed E-state index contributed by atoms with van der Waals surface area (Å²) in [5.74, 6) is 0. The van der Waals surface area contributed by atoms with Crippen LogP contribution in [0.2, 0.25) is 0 Å². The molecule has 0 amide bonds. The molecule has 1 aromatic rings. The van der Waals surface area contributed by atoms with Gasteiger partial charge in [0.15, 0.2) is 5.03 Å². The van der Waals surface area contributed by atoms with Crippen molar-refractivity contribution in [3.05, 3.63) is 11.3 Å². The maximum atomic E-state index is 12.4. The summed E-state index contributed by atoms with van der Waals surface area (Å²) in [6, 6.07) is -0.0329. The maximum Gasteiger partial charge on any atom is 0.260 e. The van der Waals surface area contributed by atoms with E-state index < -0.39 is 10.0 Å². The van der Waals surface area contributed by atoms with E-state index in [-0.39, 0.29) is 11.1 Å². The van der Waals surface area contributed by atoms with Crippen molar-refractivity contribution in [2.75, 3.05) is 7.05 Å². The van der Waals surface area contributed by atoms with E-state index in [0.717, 1.165) is 25.0 Å². The lowest BCUT2D eigenvalue weighted by molar-refractivity contribution is 0.509. The summed E-state index contributed by atoms with van der Waals surface area (Å²) >= 11 is 0. The zero-order chi connectivity index (χ0) is 14.5. The number of hydrogen-bond donors (Lipinski definition) is 3. The largest absolute Gasteiger partial charge is 0.316 e. The standard InChI is InChI=1S/C12H24N4O2S/c1-5-7-10(6-2)16-19(17,18)12-11(8-13-4)9(3)14-15-12/h10,13,16H,5-8H2,1-4H3,(H,14,15). The fraction of sp³-hybridized carbons (Fsp3) is 0.750. The van der Waals surface area contributed by atoms with Crippen LogP contribution in [-0.4, -0.2) is 31.7 Å². The number of aryl methyl sites for hydroxylation is 1. The quantitative estimate of drug-likeness (QED) is 0.673. The minimum atomic E-state index is -3.56. The van der Waals surface area contributed by atoms with Crippen molar-refractivity contribution in [2.24, 2.45) is 0 Å². The molecule has 6 nitrogen and oxygen atoms in total. The van der Waals surface area contributed by atoms with Crippen molar-refractivity contribution < 1.29 is 8.42 Å². The van der Waals surface area contributed by atoms with Gasteiger partial charge in [0.25, 0.3) is 10.0 Å². The molecule has 1 aromatic heterocycles. The van der Waals surface area contributed by atoms with Crippen LogP contribution >= 0.6 is 0 Å². The molecule has 19 heavy (non-hydrogen) atoms. The predicted molar refractivity (Wildman–Crippen MR) is 75.4 cm³/mol. The predicted octanol–water partition coefficient (Wildman–Crippen LogP) is 1.29. The van der Waals surface area contributed by atoms with Gasteiger partial charge in [0.05, 0.1) is 0 Å². The summed E-state index contributed by atoms with van der Waals surface area (Å²) in [5.41, 5.74) is 1.47. The Labute approximate surface area is 115 Å². The molecule has 0 aliphatic heterocycles. The first-order valence-corrected chi connectivity index (χ1v) is 8.15. The first-order chi connectivity index (χ1) is 8.96. The lowest BCUT2D eigenvalue weighted by Crippen LogP contribution is -2.35. The molecule has 1 rings (SSSR count). The van der Waals surface area contributed by atoms with E-state index in [4.69, 9.17) is 0 Å². The molecule has 0 fully saturated rings. The van der Waals surface area contributed by atoms with Gasteiger partial charge in [-0.1, -0.05) is 20.3 Å². The molecule has 0 aliphatic rings. The average Bonchev–Trinajstić information content (AvgIpc) is 2.71. The minimum Gasteiger partial charge on any atom is -0.316 e. The van der Waals surface area contributed by atoms with E-state index in [0.29, 0.717) is 12.1 Å². The van der Waals surface area contributed by atoms with Gasteiger partial charge in [-0.2, -0.15) is 5.10 Å². The fourth-order valence-electron chi connectivity index (χ4n) is 2.01. The molecule has 0 radical (unpaired) electrons. The van der Waals surface area contributed by atoms with Crippen molar-refractivity contribution in [2.45, 2.75) is 57.6 Å². The van der Waals surface area contributed by atoms with Crippen molar-refractivity contribution in [1.82, 2.24) is 20.2 Å². The highest BCUT2D eigenvalue weighted by Gasteiger charge is 2.25. The minimum absolute atomic E-state index is 0.0329. The zero-order valence-corrected chi connectivity index (χ0v) is 12.9. The molecular weight excluding hydrogens is 264 g/mol. The first-order valence-electron chi connectivity index (χ1n) is 6.67. The van der Waals surface area contributed by atoms with E-state index in [1.165, 1.54) is 0 Å². The highest BCUT2D eigenvalue weighted by molar-refractivity contribution is 7.89. The Kier molecular flexibility index (Phi) is 5.96. The molecule has 0 saturated heterocycles. The highest BCUT2D eigenvalue weighted by atomic mass is 32.2. The third-order valence-electron chi connectivity index (χ3n) is 3.10. The van der Waals surface area contributed by atoms with E-state index in [9.17, 15) is 8.42 Å². The van der Waals surface area contributed by atoms with E-state index >= 15 is 0 Å². The molecule has 7 heteroatoms. The summed E-state index contributed by atoms with van der Waals surface area (Å²) in [4.78, 5) is 0. The average molecular weight is 288 g/mol. The zero-order valence-electron chi connectivity index (χ0n) is 12.1. The molecular formula is C12H24N4O2S. The normalized spacial score (nSPS) is 13.7. The number of H-pyrrole nitrogens is 1. The molecule has 3 N–H and O–H groups in total. The number of rotatable bonds is 8. The van der Waals surface area contributed by atoms with Crippen LogP contribution in [0.3, 0.4) is 0 Å². The third-order valence-corrected chi connectivity index (χ3v) is 4.59. The van der Waals surface area contributed by atoms with Crippen molar-refractivity contribution in [1.29, 1.82) is 0 Å². The summed E-state index contributed by atoms with van der Waals surface area (Å²) in [5, 5.41) is 9.75. The van der Waals surface area contributed by atoms with Gasteiger partial charge in [0, 0.05) is 23.8 Å². The van der Waals surface area contributed by atoms with E-state index in [1.807, 2.05) is 20.8 Å². The van der Waals surface area contributed by atoms with Crippen LogP contribution in [-0.2, 0) is 16.6 Å². The number of nitrogens with one attached hydrogen (secondary N) is 3. The van der Waals surface area contributed by atoms with Gasteiger partial charge >= 0.3 is 0 Å². The van der Waals surface area contributed by atoms with Crippen molar-refractivity contribution >= 4 is 10.0 Å². The van der Waals surface area contributed by atoms with E-state index in [1.54, 1.807) is 7.05 Å². The van der Waals surface area contributed by atoms with Crippen LogP contribution in [0.15, 0.2) is 5.03 Å². The van der Waals surface area contributed by atoms with Crippen LogP contribution in [0.5, 0.6) is 0 Å². The highest BCUT2D eigenvalue weighted by Crippen LogP contribution is 2.17. The second kappa shape index (κ2) is 7.02. The van der Waals surface area contributed by atoms with Crippen molar-refractivity contribution in [3.8, 4) is 0 Å². The number of nitrogens with zero attached hydrogens (tertiary/aromatic N) is 1. The van der Waals surface area contributed by atoms with Gasteiger partial charge in [0.2, 0.25) is 0 Å². The smallest absolute Gasteiger partial charge is 0.260 e. The van der Waals surface area contributed by atoms with Gasteiger partial charge in [-0.15, -0.1) is 0 Å². The fourth-order valence-corrected chi connectivity index (χ4v) is 3.56. The van der Waals surface area contributed by atoms with Gasteiger partial charge in [-0.25, -0.2) is 13.1 Å². The third kappa shape index (κ3) is 4.02. The van der Waals surface area contributed by atoms with Crippen LogP contribution < -0.4 is 10.0 Å². The Morgan fingerprint density at radius 3 is 2.58 bits per heavy atom. The molecule has 0 aromatic carbocycles. The van der Waals surface area contributed by atoms with Crippen LogP contribution in [0.4, 0.5) is 0 Å². The molecule has 1 heterocycles. The summed E-state index contributed by atoms with van der Waals surface area (Å²) < 4.78 is 27.5.